The number of aromatic nitrogens is 2. The van der Waals surface area contributed by atoms with E-state index < -0.39 is 17.3 Å². The van der Waals surface area contributed by atoms with Crippen molar-refractivity contribution in [3.63, 3.8) is 0 Å². The molecular formula is C17H12ClF3N2O3. The summed E-state index contributed by atoms with van der Waals surface area (Å²) in [6.45, 7) is 0. The molecule has 1 heterocycles. The third-order valence-electron chi connectivity index (χ3n) is 3.73. The first-order valence-corrected chi connectivity index (χ1v) is 7.66. The number of rotatable bonds is 3. The third-order valence-corrected chi connectivity index (χ3v) is 3.96. The highest BCUT2D eigenvalue weighted by atomic mass is 35.5. The van der Waals surface area contributed by atoms with Gasteiger partial charge in [-0.05, 0) is 36.4 Å². The van der Waals surface area contributed by atoms with Crippen LogP contribution in [0.15, 0.2) is 41.2 Å². The zero-order valence-electron chi connectivity index (χ0n) is 13.6. The van der Waals surface area contributed by atoms with Gasteiger partial charge in [-0.1, -0.05) is 11.6 Å². The normalized spacial score (nSPS) is 11.6. The number of hydrogen-bond donors (Lipinski definition) is 0. The lowest BCUT2D eigenvalue weighted by atomic mass is 10.1. The van der Waals surface area contributed by atoms with Gasteiger partial charge >= 0.3 is 11.7 Å². The van der Waals surface area contributed by atoms with Crippen LogP contribution in [0.2, 0.25) is 5.02 Å². The molecule has 0 N–H and O–H groups in total. The number of alkyl halides is 3. The van der Waals surface area contributed by atoms with Gasteiger partial charge in [-0.15, -0.1) is 0 Å². The lowest BCUT2D eigenvalue weighted by Crippen LogP contribution is -2.22. The Labute approximate surface area is 150 Å². The first-order valence-electron chi connectivity index (χ1n) is 7.28. The Morgan fingerprint density at radius 1 is 1.08 bits per heavy atom. The fourth-order valence-electron chi connectivity index (χ4n) is 2.55. The number of nitrogens with zero attached hydrogens (tertiary/aromatic N) is 2. The maximum Gasteiger partial charge on any atom is 0.416 e. The van der Waals surface area contributed by atoms with Crippen LogP contribution in [-0.4, -0.2) is 23.8 Å². The van der Waals surface area contributed by atoms with Gasteiger partial charge in [-0.2, -0.15) is 13.2 Å². The van der Waals surface area contributed by atoms with Crippen molar-refractivity contribution in [3.8, 4) is 17.3 Å². The minimum atomic E-state index is -4.54. The van der Waals surface area contributed by atoms with Gasteiger partial charge in [-0.3, -0.25) is 9.36 Å². The zero-order chi connectivity index (χ0) is 19.1. The van der Waals surface area contributed by atoms with Crippen molar-refractivity contribution in [2.45, 2.75) is 6.18 Å². The van der Waals surface area contributed by atoms with Gasteiger partial charge in [0, 0.05) is 5.02 Å². The quantitative estimate of drug-likeness (QED) is 0.683. The predicted molar refractivity (Wildman–Crippen MR) is 90.5 cm³/mol. The number of halogens is 4. The Hall–Kier alpha value is -2.74. The Morgan fingerprint density at radius 3 is 2.42 bits per heavy atom. The monoisotopic (exact) mass is 384 g/mol. The maximum absolute atomic E-state index is 13.0. The molecule has 5 nitrogen and oxygen atoms in total. The molecule has 0 amide bonds. The van der Waals surface area contributed by atoms with E-state index in [-0.39, 0.29) is 22.6 Å². The fourth-order valence-corrected chi connectivity index (χ4v) is 2.72. The highest BCUT2D eigenvalue weighted by Gasteiger charge is 2.31. The van der Waals surface area contributed by atoms with Crippen LogP contribution in [0.4, 0.5) is 13.2 Å². The van der Waals surface area contributed by atoms with Crippen LogP contribution >= 0.6 is 11.6 Å². The third kappa shape index (κ3) is 3.08. The van der Waals surface area contributed by atoms with Gasteiger partial charge in [0.05, 0.1) is 36.5 Å². The van der Waals surface area contributed by atoms with E-state index in [4.69, 9.17) is 21.1 Å². The SMILES string of the molecule is COc1ccc(Cl)cc1-n1c(=O)c(OC)nc2cc(C(F)(F)F)ccc21. The summed E-state index contributed by atoms with van der Waals surface area (Å²) in [5.74, 6) is -0.0372. The van der Waals surface area contributed by atoms with Crippen LogP contribution in [0, 0.1) is 0 Å². The highest BCUT2D eigenvalue weighted by Crippen LogP contribution is 2.33. The Morgan fingerprint density at radius 2 is 1.81 bits per heavy atom. The second-order valence-electron chi connectivity index (χ2n) is 5.28. The maximum atomic E-state index is 13.0. The summed E-state index contributed by atoms with van der Waals surface area (Å²) in [6.07, 6.45) is -4.54. The van der Waals surface area contributed by atoms with Crippen molar-refractivity contribution in [2.75, 3.05) is 14.2 Å². The number of benzene rings is 2. The summed E-state index contributed by atoms with van der Waals surface area (Å²) in [4.78, 5) is 16.6. The van der Waals surface area contributed by atoms with Crippen LogP contribution in [0.25, 0.3) is 16.7 Å². The Bertz CT molecular complexity index is 1050. The average molecular weight is 385 g/mol. The number of hydrogen-bond acceptors (Lipinski definition) is 4. The zero-order valence-corrected chi connectivity index (χ0v) is 14.4. The minimum absolute atomic E-state index is 0.0571. The van der Waals surface area contributed by atoms with Crippen LogP contribution in [0.5, 0.6) is 11.6 Å². The van der Waals surface area contributed by atoms with E-state index in [0.717, 1.165) is 16.7 Å². The molecule has 0 aliphatic rings. The van der Waals surface area contributed by atoms with Crippen LogP contribution < -0.4 is 15.0 Å². The van der Waals surface area contributed by atoms with Crippen molar-refractivity contribution in [3.05, 3.63) is 57.3 Å². The van der Waals surface area contributed by atoms with E-state index in [9.17, 15) is 18.0 Å². The molecule has 26 heavy (non-hydrogen) atoms. The second kappa shape index (κ2) is 6.53. The molecule has 136 valence electrons. The molecule has 0 unspecified atom stereocenters. The lowest BCUT2D eigenvalue weighted by molar-refractivity contribution is -0.137. The summed E-state index contributed by atoms with van der Waals surface area (Å²) in [7, 11) is 2.61. The van der Waals surface area contributed by atoms with Gasteiger partial charge < -0.3 is 9.47 Å². The molecule has 2 aromatic carbocycles. The van der Waals surface area contributed by atoms with Crippen LogP contribution in [0.1, 0.15) is 5.56 Å². The average Bonchev–Trinajstić information content (AvgIpc) is 2.60. The van der Waals surface area contributed by atoms with Crippen molar-refractivity contribution in [1.82, 2.24) is 9.55 Å². The van der Waals surface area contributed by atoms with Crippen molar-refractivity contribution >= 4 is 22.6 Å². The first kappa shape index (κ1) is 18.1. The molecule has 0 radical (unpaired) electrons. The molecule has 0 saturated carbocycles. The van der Waals surface area contributed by atoms with E-state index in [1.54, 1.807) is 12.1 Å². The molecule has 9 heteroatoms. The van der Waals surface area contributed by atoms with E-state index in [1.807, 2.05) is 0 Å². The second-order valence-corrected chi connectivity index (χ2v) is 5.72. The highest BCUT2D eigenvalue weighted by molar-refractivity contribution is 6.30. The molecule has 0 aliphatic carbocycles. The first-order chi connectivity index (χ1) is 12.3. The lowest BCUT2D eigenvalue weighted by Gasteiger charge is -2.16. The summed E-state index contributed by atoms with van der Waals surface area (Å²) in [5.41, 5.74) is -1.18. The molecule has 0 bridgehead atoms. The molecule has 0 aliphatic heterocycles. The molecule has 1 aromatic heterocycles. The minimum Gasteiger partial charge on any atom is -0.495 e. The van der Waals surface area contributed by atoms with Gasteiger partial charge in [0.25, 0.3) is 5.88 Å². The number of ether oxygens (including phenoxy) is 2. The van der Waals surface area contributed by atoms with Crippen LogP contribution in [-0.2, 0) is 6.18 Å². The van der Waals surface area contributed by atoms with Crippen molar-refractivity contribution in [1.29, 1.82) is 0 Å². The Kier molecular flexibility index (Phi) is 4.53. The number of fused-ring (bicyclic) bond motifs is 1. The summed E-state index contributed by atoms with van der Waals surface area (Å²) < 4.78 is 50.4. The fraction of sp³-hybridized carbons (Fsp3) is 0.176. The largest absolute Gasteiger partial charge is 0.495 e. The van der Waals surface area contributed by atoms with E-state index >= 15 is 0 Å². The van der Waals surface area contributed by atoms with E-state index in [0.29, 0.717) is 10.8 Å². The topological polar surface area (TPSA) is 53.4 Å². The summed E-state index contributed by atoms with van der Waals surface area (Å²) in [5, 5.41) is 0.323. The smallest absolute Gasteiger partial charge is 0.416 e. The number of methoxy groups -OCH3 is 2. The van der Waals surface area contributed by atoms with Gasteiger partial charge in [0.2, 0.25) is 0 Å². The molecular weight excluding hydrogens is 373 g/mol. The molecule has 0 spiro atoms. The summed E-state index contributed by atoms with van der Waals surface area (Å²) in [6, 6.07) is 7.49. The van der Waals surface area contributed by atoms with Crippen molar-refractivity contribution < 1.29 is 22.6 Å². The molecule has 3 aromatic rings. The molecule has 0 atom stereocenters. The van der Waals surface area contributed by atoms with Gasteiger partial charge in [0.15, 0.2) is 0 Å². The summed E-state index contributed by atoms with van der Waals surface area (Å²) >= 11 is 6.02. The van der Waals surface area contributed by atoms with Crippen molar-refractivity contribution in [2.24, 2.45) is 0 Å². The standard InChI is InChI=1S/C17H12ClF3N2O3/c1-25-14-6-4-10(18)8-13(14)23-12-5-3-9(17(19,20)21)7-11(12)22-15(26-2)16(23)24/h3-8H,1-2H3. The van der Waals surface area contributed by atoms with Gasteiger partial charge in [0.1, 0.15) is 5.75 Å². The molecule has 0 fully saturated rings. The van der Waals surface area contributed by atoms with Crippen LogP contribution in [0.3, 0.4) is 0 Å². The van der Waals surface area contributed by atoms with E-state index in [1.165, 1.54) is 26.4 Å². The molecule has 3 rings (SSSR count). The predicted octanol–water partition coefficient (Wildman–Crippen LogP) is 4.08. The Balaban J connectivity index is 2.43. The van der Waals surface area contributed by atoms with Gasteiger partial charge in [-0.25, -0.2) is 4.98 Å². The van der Waals surface area contributed by atoms with E-state index in [2.05, 4.69) is 4.98 Å². The molecule has 0 saturated heterocycles.